The Morgan fingerprint density at radius 2 is 0.889 bits per heavy atom. The molecular formula is C30H40N2O4. The molecule has 6 nitrogen and oxygen atoms in total. The second kappa shape index (κ2) is 12.8. The number of phenolic OH excluding ortho intramolecular Hbond substituents is 2. The molecule has 0 radical (unpaired) electrons. The van der Waals surface area contributed by atoms with E-state index in [1.165, 1.54) is 64.2 Å². The van der Waals surface area contributed by atoms with E-state index in [1.54, 1.807) is 24.3 Å². The van der Waals surface area contributed by atoms with Gasteiger partial charge in [-0.3, -0.25) is 20.4 Å². The number of benzene rings is 2. The van der Waals surface area contributed by atoms with E-state index in [0.29, 0.717) is 11.8 Å². The normalized spacial score (nSPS) is 18.3. The molecule has 0 aliphatic heterocycles. The molecular weight excluding hydrogens is 452 g/mol. The number of aromatic hydroxyl groups is 2. The minimum absolute atomic E-state index is 0.120. The summed E-state index contributed by atoms with van der Waals surface area (Å²) >= 11 is 0. The largest absolute Gasteiger partial charge is 0.507 e. The van der Waals surface area contributed by atoms with Crippen LogP contribution >= 0.6 is 0 Å². The quantitative estimate of drug-likeness (QED) is 0.352. The van der Waals surface area contributed by atoms with E-state index in [9.17, 15) is 19.8 Å². The average Bonchev–Trinajstić information content (AvgIpc) is 2.83. The first-order valence-corrected chi connectivity index (χ1v) is 13.8. The highest BCUT2D eigenvalue weighted by Crippen LogP contribution is 2.34. The van der Waals surface area contributed by atoms with Crippen LogP contribution < -0.4 is 10.9 Å². The summed E-state index contributed by atoms with van der Waals surface area (Å²) in [4.78, 5) is 25.8. The van der Waals surface area contributed by atoms with Crippen LogP contribution in [0.1, 0.15) is 134 Å². The van der Waals surface area contributed by atoms with Crippen molar-refractivity contribution in [3.8, 4) is 11.5 Å². The Hall–Kier alpha value is -3.02. The third-order valence-corrected chi connectivity index (χ3v) is 7.97. The van der Waals surface area contributed by atoms with Crippen LogP contribution in [0.4, 0.5) is 0 Å². The van der Waals surface area contributed by atoms with Gasteiger partial charge in [-0.25, -0.2) is 0 Å². The smallest absolute Gasteiger partial charge is 0.273 e. The summed E-state index contributed by atoms with van der Waals surface area (Å²) in [5.74, 6) is -0.649. The van der Waals surface area contributed by atoms with Crippen molar-refractivity contribution in [3.05, 3.63) is 58.7 Å². The molecule has 2 saturated carbocycles. The fraction of sp³-hybridized carbons (Fsp3) is 0.533. The third-order valence-electron chi connectivity index (χ3n) is 7.97. The Kier molecular flexibility index (Phi) is 9.26. The molecule has 4 N–H and O–H groups in total. The van der Waals surface area contributed by atoms with Gasteiger partial charge in [0.1, 0.15) is 11.5 Å². The molecule has 0 spiro atoms. The van der Waals surface area contributed by atoms with Gasteiger partial charge in [0.05, 0.1) is 11.1 Å². The van der Waals surface area contributed by atoms with Crippen LogP contribution in [0.25, 0.3) is 0 Å². The van der Waals surface area contributed by atoms with Crippen molar-refractivity contribution in [1.29, 1.82) is 0 Å². The number of phenols is 2. The zero-order valence-electron chi connectivity index (χ0n) is 21.2. The zero-order valence-corrected chi connectivity index (χ0v) is 21.2. The maximum Gasteiger partial charge on any atom is 0.273 e. The second-order valence-electron chi connectivity index (χ2n) is 10.5. The lowest BCUT2D eigenvalue weighted by atomic mass is 9.85. The van der Waals surface area contributed by atoms with E-state index in [0.717, 1.165) is 36.8 Å². The van der Waals surface area contributed by atoms with Crippen molar-refractivity contribution in [2.45, 2.75) is 102 Å². The van der Waals surface area contributed by atoms with E-state index < -0.39 is 11.8 Å². The molecule has 0 bridgehead atoms. The standard InChI is InChI=1S/C30H40N2O4/c33-27-17-15-23(21-11-7-3-1-4-8-12-21)19-25(27)29(35)31-32-30(36)26-20-24(16-18-28(26)34)22-13-9-5-2-6-10-14-22/h15-22,33-34H,1-14H2,(H,31,35)(H,32,36). The number of amides is 2. The summed E-state index contributed by atoms with van der Waals surface area (Å²) in [7, 11) is 0. The minimum atomic E-state index is -0.579. The van der Waals surface area contributed by atoms with Gasteiger partial charge in [0.25, 0.3) is 11.8 Å². The highest BCUT2D eigenvalue weighted by atomic mass is 16.3. The minimum Gasteiger partial charge on any atom is -0.507 e. The van der Waals surface area contributed by atoms with E-state index in [-0.39, 0.29) is 22.6 Å². The summed E-state index contributed by atoms with van der Waals surface area (Å²) < 4.78 is 0. The molecule has 2 aromatic rings. The molecule has 2 aliphatic rings. The van der Waals surface area contributed by atoms with Crippen molar-refractivity contribution in [2.24, 2.45) is 0 Å². The maximum absolute atomic E-state index is 12.9. The summed E-state index contributed by atoms with van der Waals surface area (Å²) in [6.07, 6.45) is 16.6. The monoisotopic (exact) mass is 492 g/mol. The van der Waals surface area contributed by atoms with Crippen molar-refractivity contribution in [1.82, 2.24) is 10.9 Å². The molecule has 36 heavy (non-hydrogen) atoms. The van der Waals surface area contributed by atoms with Crippen LogP contribution in [0.15, 0.2) is 36.4 Å². The van der Waals surface area contributed by atoms with E-state index >= 15 is 0 Å². The molecule has 2 amide bonds. The fourth-order valence-corrected chi connectivity index (χ4v) is 5.81. The van der Waals surface area contributed by atoms with Crippen LogP contribution in [0.2, 0.25) is 0 Å². The molecule has 0 aromatic heterocycles. The lowest BCUT2D eigenvalue weighted by molar-refractivity contribution is 0.0843. The van der Waals surface area contributed by atoms with Gasteiger partial charge in [-0.2, -0.15) is 0 Å². The van der Waals surface area contributed by atoms with Gasteiger partial charge >= 0.3 is 0 Å². The molecule has 2 aromatic carbocycles. The lowest BCUT2D eigenvalue weighted by Gasteiger charge is -2.21. The Bertz CT molecular complexity index is 952. The highest BCUT2D eigenvalue weighted by Gasteiger charge is 2.21. The molecule has 0 saturated heterocycles. The van der Waals surface area contributed by atoms with Crippen molar-refractivity contribution >= 4 is 11.8 Å². The van der Waals surface area contributed by atoms with Crippen molar-refractivity contribution in [2.75, 3.05) is 0 Å². The summed E-state index contributed by atoms with van der Waals surface area (Å²) in [5.41, 5.74) is 7.24. The fourth-order valence-electron chi connectivity index (χ4n) is 5.81. The zero-order chi connectivity index (χ0) is 25.3. The molecule has 194 valence electrons. The maximum atomic E-state index is 12.9. The number of rotatable bonds is 4. The second-order valence-corrected chi connectivity index (χ2v) is 10.5. The SMILES string of the molecule is O=C(NNC(=O)c1cc(C2CCCCCCC2)ccc1O)c1cc(C2CCCCCCC2)ccc1O. The van der Waals surface area contributed by atoms with Crippen molar-refractivity contribution in [3.63, 3.8) is 0 Å². The average molecular weight is 493 g/mol. The third kappa shape index (κ3) is 6.80. The molecule has 2 fully saturated rings. The molecule has 0 unspecified atom stereocenters. The Morgan fingerprint density at radius 1 is 0.556 bits per heavy atom. The predicted octanol–water partition coefficient (Wildman–Crippen LogP) is 6.83. The number of carbonyl (C=O) groups excluding carboxylic acids is 2. The molecule has 6 heteroatoms. The first kappa shape index (κ1) is 26.1. The van der Waals surface area contributed by atoms with Gasteiger partial charge in [-0.15, -0.1) is 0 Å². The number of carbonyl (C=O) groups is 2. The van der Waals surface area contributed by atoms with Gasteiger partial charge in [-0.05, 0) is 72.9 Å². The number of hydrazine groups is 1. The molecule has 2 aliphatic carbocycles. The van der Waals surface area contributed by atoms with Crippen molar-refractivity contribution < 1.29 is 19.8 Å². The first-order valence-electron chi connectivity index (χ1n) is 13.8. The Labute approximate surface area is 214 Å². The number of nitrogens with one attached hydrogen (secondary N) is 2. The van der Waals surface area contributed by atoms with Gasteiger partial charge in [0.15, 0.2) is 0 Å². The van der Waals surface area contributed by atoms with E-state index in [2.05, 4.69) is 10.9 Å². The van der Waals surface area contributed by atoms with Crippen LogP contribution in [0, 0.1) is 0 Å². The first-order chi connectivity index (χ1) is 17.5. The van der Waals surface area contributed by atoms with E-state index in [1.807, 2.05) is 12.1 Å². The highest BCUT2D eigenvalue weighted by molar-refractivity contribution is 6.01. The Balaban J connectivity index is 1.42. The predicted molar refractivity (Wildman–Crippen MR) is 141 cm³/mol. The number of hydrogen-bond acceptors (Lipinski definition) is 4. The van der Waals surface area contributed by atoms with Gasteiger partial charge < -0.3 is 10.2 Å². The van der Waals surface area contributed by atoms with Crippen LogP contribution in [0.3, 0.4) is 0 Å². The number of hydrogen-bond donors (Lipinski definition) is 4. The topological polar surface area (TPSA) is 98.7 Å². The van der Waals surface area contributed by atoms with E-state index in [4.69, 9.17) is 0 Å². The summed E-state index contributed by atoms with van der Waals surface area (Å²) in [5, 5.41) is 20.7. The molecule has 0 atom stereocenters. The van der Waals surface area contributed by atoms with Crippen LogP contribution in [-0.2, 0) is 0 Å². The molecule has 4 rings (SSSR count). The summed E-state index contributed by atoms with van der Waals surface area (Å²) in [6.45, 7) is 0. The van der Waals surface area contributed by atoms with Gasteiger partial charge in [-0.1, -0.05) is 76.3 Å². The van der Waals surface area contributed by atoms with Crippen LogP contribution in [0.5, 0.6) is 11.5 Å². The molecule has 0 heterocycles. The lowest BCUT2D eigenvalue weighted by Crippen LogP contribution is -2.41. The van der Waals surface area contributed by atoms with Crippen LogP contribution in [-0.4, -0.2) is 22.0 Å². The van der Waals surface area contributed by atoms with Gasteiger partial charge in [0, 0.05) is 0 Å². The summed E-state index contributed by atoms with van der Waals surface area (Å²) in [6, 6.07) is 10.4. The van der Waals surface area contributed by atoms with Gasteiger partial charge in [0.2, 0.25) is 0 Å². The Morgan fingerprint density at radius 3 is 1.25 bits per heavy atom.